The first-order valence-corrected chi connectivity index (χ1v) is 8.88. The third-order valence-corrected chi connectivity index (χ3v) is 4.26. The molecule has 2 rings (SSSR count). The lowest BCUT2D eigenvalue weighted by atomic mass is 10.1. The largest absolute Gasteiger partial charge is 0.350 e. The smallest absolute Gasteiger partial charge is 0.238 e. The van der Waals surface area contributed by atoms with Crippen LogP contribution in [-0.4, -0.2) is 65.9 Å². The number of piperazine rings is 1. The summed E-state index contributed by atoms with van der Waals surface area (Å²) >= 11 is 0. The van der Waals surface area contributed by atoms with Gasteiger partial charge in [0.25, 0.3) is 0 Å². The van der Waals surface area contributed by atoms with E-state index in [-0.39, 0.29) is 23.4 Å². The second-order valence-electron chi connectivity index (χ2n) is 7.64. The molecule has 25 heavy (non-hydrogen) atoms. The van der Waals surface area contributed by atoms with Crippen LogP contribution in [-0.2, 0) is 9.59 Å². The Labute approximate surface area is 150 Å². The molecule has 0 saturated carbocycles. The minimum absolute atomic E-state index is 0.00169. The molecule has 2 N–H and O–H groups in total. The van der Waals surface area contributed by atoms with Crippen molar-refractivity contribution < 1.29 is 9.59 Å². The van der Waals surface area contributed by atoms with Crippen LogP contribution in [0.3, 0.4) is 0 Å². The maximum Gasteiger partial charge on any atom is 0.238 e. The molecule has 2 amide bonds. The molecule has 6 heteroatoms. The molecule has 1 fully saturated rings. The van der Waals surface area contributed by atoms with Crippen molar-refractivity contribution in [1.29, 1.82) is 0 Å². The Morgan fingerprint density at radius 2 is 1.68 bits per heavy atom. The van der Waals surface area contributed by atoms with Crippen molar-refractivity contribution in [3.63, 3.8) is 0 Å². The molecule has 1 aliphatic rings. The average Bonchev–Trinajstić information content (AvgIpc) is 2.54. The van der Waals surface area contributed by atoms with Gasteiger partial charge in [-0.15, -0.1) is 0 Å². The van der Waals surface area contributed by atoms with Crippen LogP contribution in [0.5, 0.6) is 0 Å². The van der Waals surface area contributed by atoms with Crippen LogP contribution in [0.1, 0.15) is 27.7 Å². The van der Waals surface area contributed by atoms with E-state index in [0.29, 0.717) is 6.54 Å². The number of nitrogens with zero attached hydrogens (tertiary/aromatic N) is 2. The van der Waals surface area contributed by atoms with Gasteiger partial charge in [-0.1, -0.05) is 18.2 Å². The zero-order valence-electron chi connectivity index (χ0n) is 15.7. The van der Waals surface area contributed by atoms with Crippen LogP contribution in [0, 0.1) is 0 Å². The maximum absolute atomic E-state index is 12.3. The van der Waals surface area contributed by atoms with Gasteiger partial charge in [-0.2, -0.15) is 0 Å². The number of para-hydroxylation sites is 1. The fraction of sp³-hybridized carbons (Fsp3) is 0.579. The third kappa shape index (κ3) is 6.48. The first kappa shape index (κ1) is 19.4. The van der Waals surface area contributed by atoms with E-state index in [1.54, 1.807) is 0 Å². The third-order valence-electron chi connectivity index (χ3n) is 4.26. The van der Waals surface area contributed by atoms with E-state index in [2.05, 4.69) is 20.4 Å². The van der Waals surface area contributed by atoms with Crippen LogP contribution in [0.2, 0.25) is 0 Å². The first-order chi connectivity index (χ1) is 11.7. The zero-order valence-corrected chi connectivity index (χ0v) is 15.7. The Bertz CT molecular complexity index is 575. The summed E-state index contributed by atoms with van der Waals surface area (Å²) in [7, 11) is 0. The number of benzene rings is 1. The lowest BCUT2D eigenvalue weighted by molar-refractivity contribution is -0.128. The maximum atomic E-state index is 12.3. The van der Waals surface area contributed by atoms with Crippen molar-refractivity contribution >= 4 is 17.5 Å². The minimum atomic E-state index is -0.220. The second-order valence-corrected chi connectivity index (χ2v) is 7.64. The molecule has 0 radical (unpaired) electrons. The zero-order chi connectivity index (χ0) is 18.4. The quantitative estimate of drug-likeness (QED) is 0.849. The molecule has 0 aromatic heterocycles. The van der Waals surface area contributed by atoms with Gasteiger partial charge in [-0.25, -0.2) is 0 Å². The van der Waals surface area contributed by atoms with Gasteiger partial charge >= 0.3 is 0 Å². The highest BCUT2D eigenvalue weighted by Crippen LogP contribution is 2.10. The normalized spacial score (nSPS) is 17.8. The highest BCUT2D eigenvalue weighted by molar-refractivity contribution is 5.92. The Morgan fingerprint density at radius 3 is 2.24 bits per heavy atom. The van der Waals surface area contributed by atoms with E-state index in [9.17, 15) is 9.59 Å². The van der Waals surface area contributed by atoms with Crippen molar-refractivity contribution in [3.05, 3.63) is 30.3 Å². The summed E-state index contributed by atoms with van der Waals surface area (Å²) in [6, 6.07) is 9.33. The number of hydrogen-bond acceptors (Lipinski definition) is 4. The van der Waals surface area contributed by atoms with Crippen molar-refractivity contribution in [3.8, 4) is 0 Å². The van der Waals surface area contributed by atoms with Gasteiger partial charge in [0.05, 0.1) is 12.6 Å². The number of amides is 2. The molecular formula is C19H30N4O2. The van der Waals surface area contributed by atoms with Crippen LogP contribution in [0.25, 0.3) is 0 Å². The first-order valence-electron chi connectivity index (χ1n) is 8.88. The van der Waals surface area contributed by atoms with Gasteiger partial charge in [-0.05, 0) is 39.8 Å². The number of anilines is 1. The van der Waals surface area contributed by atoms with Gasteiger partial charge < -0.3 is 10.6 Å². The van der Waals surface area contributed by atoms with E-state index < -0.39 is 0 Å². The Morgan fingerprint density at radius 1 is 1.08 bits per heavy atom. The SMILES string of the molecule is CC(C(=O)NC(C)(C)C)N1CCN(CC(=O)Nc2ccccc2)CC1. The van der Waals surface area contributed by atoms with Crippen molar-refractivity contribution in [2.75, 3.05) is 38.0 Å². The molecular weight excluding hydrogens is 316 g/mol. The number of nitrogens with one attached hydrogen (secondary N) is 2. The molecule has 1 aromatic rings. The number of carbonyl (C=O) groups excluding carboxylic acids is 2. The monoisotopic (exact) mass is 346 g/mol. The minimum Gasteiger partial charge on any atom is -0.350 e. The van der Waals surface area contributed by atoms with Crippen molar-refractivity contribution in [1.82, 2.24) is 15.1 Å². The van der Waals surface area contributed by atoms with Crippen LogP contribution in [0.15, 0.2) is 30.3 Å². The predicted octanol–water partition coefficient (Wildman–Crippen LogP) is 1.55. The highest BCUT2D eigenvalue weighted by atomic mass is 16.2. The number of carbonyl (C=O) groups is 2. The Balaban J connectivity index is 1.75. The average molecular weight is 346 g/mol. The summed E-state index contributed by atoms with van der Waals surface area (Å²) in [4.78, 5) is 28.7. The van der Waals surface area contributed by atoms with E-state index in [1.165, 1.54) is 0 Å². The summed E-state index contributed by atoms with van der Waals surface area (Å²) in [5.74, 6) is 0.0564. The molecule has 138 valence electrons. The van der Waals surface area contributed by atoms with Gasteiger partial charge in [0.1, 0.15) is 0 Å². The molecule has 1 aromatic carbocycles. The van der Waals surface area contributed by atoms with Crippen molar-refractivity contribution in [2.45, 2.75) is 39.3 Å². The molecule has 6 nitrogen and oxygen atoms in total. The standard InChI is InChI=1S/C19H30N4O2/c1-15(18(25)21-19(2,3)4)23-12-10-22(11-13-23)14-17(24)20-16-8-6-5-7-9-16/h5-9,15H,10-14H2,1-4H3,(H,20,24)(H,21,25). The van der Waals surface area contributed by atoms with E-state index in [0.717, 1.165) is 31.9 Å². The Hall–Kier alpha value is -1.92. The van der Waals surface area contributed by atoms with Gasteiger partial charge in [0.2, 0.25) is 11.8 Å². The molecule has 1 unspecified atom stereocenters. The summed E-state index contributed by atoms with van der Waals surface area (Å²) < 4.78 is 0. The second kappa shape index (κ2) is 8.45. The molecule has 1 heterocycles. The molecule has 0 bridgehead atoms. The van der Waals surface area contributed by atoms with Crippen molar-refractivity contribution in [2.24, 2.45) is 0 Å². The fourth-order valence-electron chi connectivity index (χ4n) is 2.87. The fourth-order valence-corrected chi connectivity index (χ4v) is 2.87. The molecule has 0 spiro atoms. The lowest BCUT2D eigenvalue weighted by Gasteiger charge is -2.38. The van der Waals surface area contributed by atoms with Gasteiger partial charge in [0, 0.05) is 37.4 Å². The van der Waals surface area contributed by atoms with Crippen LogP contribution in [0.4, 0.5) is 5.69 Å². The molecule has 1 saturated heterocycles. The van der Waals surface area contributed by atoms with E-state index in [1.807, 2.05) is 58.0 Å². The summed E-state index contributed by atoms with van der Waals surface area (Å²) in [6.45, 7) is 11.4. The topological polar surface area (TPSA) is 64.7 Å². The number of hydrogen-bond donors (Lipinski definition) is 2. The predicted molar refractivity (Wildman–Crippen MR) is 100 cm³/mol. The molecule has 0 aliphatic carbocycles. The lowest BCUT2D eigenvalue weighted by Crippen LogP contribution is -2.56. The highest BCUT2D eigenvalue weighted by Gasteiger charge is 2.28. The van der Waals surface area contributed by atoms with Crippen LogP contribution < -0.4 is 10.6 Å². The summed E-state index contributed by atoms with van der Waals surface area (Å²) in [5, 5.41) is 5.94. The summed E-state index contributed by atoms with van der Waals surface area (Å²) in [6.07, 6.45) is 0. The Kier molecular flexibility index (Phi) is 6.56. The molecule has 1 atom stereocenters. The number of rotatable bonds is 5. The van der Waals surface area contributed by atoms with Gasteiger partial charge in [-0.3, -0.25) is 19.4 Å². The van der Waals surface area contributed by atoms with Gasteiger partial charge in [0.15, 0.2) is 0 Å². The van der Waals surface area contributed by atoms with E-state index in [4.69, 9.17) is 0 Å². The summed E-state index contributed by atoms with van der Waals surface area (Å²) in [5.41, 5.74) is 0.599. The molecule has 1 aliphatic heterocycles. The van der Waals surface area contributed by atoms with Crippen LogP contribution >= 0.6 is 0 Å². The van der Waals surface area contributed by atoms with E-state index >= 15 is 0 Å².